The van der Waals surface area contributed by atoms with E-state index in [1.54, 1.807) is 25.3 Å². The van der Waals surface area contributed by atoms with Gasteiger partial charge in [0, 0.05) is 11.6 Å². The van der Waals surface area contributed by atoms with Crippen molar-refractivity contribution in [3.63, 3.8) is 0 Å². The van der Waals surface area contributed by atoms with Crippen molar-refractivity contribution in [1.29, 1.82) is 0 Å². The molecule has 0 aliphatic heterocycles. The number of hydrogen-bond acceptors (Lipinski definition) is 4. The molecule has 2 N–H and O–H groups in total. The summed E-state index contributed by atoms with van der Waals surface area (Å²) in [5.74, 6) is 1.97. The summed E-state index contributed by atoms with van der Waals surface area (Å²) in [5.41, 5.74) is 1.92. The second kappa shape index (κ2) is 5.81. The van der Waals surface area contributed by atoms with Crippen LogP contribution in [0, 0.1) is 6.92 Å². The topological polar surface area (TPSA) is 67.4 Å². The smallest absolute Gasteiger partial charge is 0.176 e. The van der Waals surface area contributed by atoms with Crippen molar-refractivity contribution in [1.82, 2.24) is 10.2 Å². The summed E-state index contributed by atoms with van der Waals surface area (Å²) >= 11 is 0. The number of phenols is 1. The van der Waals surface area contributed by atoms with E-state index in [0.29, 0.717) is 28.5 Å². The van der Waals surface area contributed by atoms with Crippen molar-refractivity contribution in [3.8, 4) is 34.3 Å². The number of phenolic OH excluding ortho intramolecular Hbond substituents is 1. The van der Waals surface area contributed by atoms with E-state index in [1.807, 2.05) is 37.3 Å². The lowest BCUT2D eigenvalue weighted by molar-refractivity contribution is 0.408. The molecular formula is C17H16N2O3. The maximum Gasteiger partial charge on any atom is 0.176 e. The summed E-state index contributed by atoms with van der Waals surface area (Å²) in [6.45, 7) is 1.87. The molecule has 0 spiro atoms. The maximum absolute atomic E-state index is 10.2. The quantitative estimate of drug-likeness (QED) is 0.766. The molecule has 0 aliphatic carbocycles. The Kier molecular flexibility index (Phi) is 3.70. The van der Waals surface area contributed by atoms with Crippen LogP contribution in [0.1, 0.15) is 5.69 Å². The fraction of sp³-hybridized carbons (Fsp3) is 0.118. The Hall–Kier alpha value is -2.95. The SMILES string of the molecule is COc1ccc(-c2n[nH]c(C)c2Oc2ccccc2)c(O)c1. The number of nitrogens with zero attached hydrogens (tertiary/aromatic N) is 1. The summed E-state index contributed by atoms with van der Waals surface area (Å²) < 4.78 is 11.0. The molecule has 3 rings (SSSR count). The summed E-state index contributed by atoms with van der Waals surface area (Å²) in [6.07, 6.45) is 0. The highest BCUT2D eigenvalue weighted by Gasteiger charge is 2.18. The summed E-state index contributed by atoms with van der Waals surface area (Å²) in [5, 5.41) is 17.3. The van der Waals surface area contributed by atoms with Crippen LogP contribution in [0.4, 0.5) is 0 Å². The van der Waals surface area contributed by atoms with E-state index in [2.05, 4.69) is 10.2 Å². The van der Waals surface area contributed by atoms with Gasteiger partial charge in [0.25, 0.3) is 0 Å². The molecule has 0 fully saturated rings. The molecule has 5 nitrogen and oxygen atoms in total. The fourth-order valence-corrected chi connectivity index (χ4v) is 2.17. The highest BCUT2D eigenvalue weighted by atomic mass is 16.5. The lowest BCUT2D eigenvalue weighted by Crippen LogP contribution is -1.89. The molecule has 5 heteroatoms. The third kappa shape index (κ3) is 2.61. The molecular weight excluding hydrogens is 280 g/mol. The van der Waals surface area contributed by atoms with E-state index in [9.17, 15) is 5.11 Å². The molecule has 0 radical (unpaired) electrons. The van der Waals surface area contributed by atoms with Gasteiger partial charge in [0.1, 0.15) is 22.9 Å². The fourth-order valence-electron chi connectivity index (χ4n) is 2.17. The van der Waals surface area contributed by atoms with Crippen LogP contribution in [0.5, 0.6) is 23.0 Å². The number of aryl methyl sites for hydroxylation is 1. The van der Waals surface area contributed by atoms with Crippen molar-refractivity contribution in [2.75, 3.05) is 7.11 Å². The van der Waals surface area contributed by atoms with Crippen LogP contribution in [0.25, 0.3) is 11.3 Å². The Morgan fingerprint density at radius 3 is 2.50 bits per heavy atom. The average molecular weight is 296 g/mol. The molecule has 0 aliphatic rings. The number of aromatic hydroxyl groups is 1. The monoisotopic (exact) mass is 296 g/mol. The Bertz CT molecular complexity index is 782. The number of methoxy groups -OCH3 is 1. The molecule has 0 amide bonds. The highest BCUT2D eigenvalue weighted by Crippen LogP contribution is 2.39. The lowest BCUT2D eigenvalue weighted by Gasteiger charge is -2.09. The molecule has 1 heterocycles. The zero-order valence-electron chi connectivity index (χ0n) is 12.3. The molecule has 0 saturated heterocycles. The number of hydrogen-bond donors (Lipinski definition) is 2. The molecule has 2 aromatic carbocycles. The Morgan fingerprint density at radius 2 is 1.82 bits per heavy atom. The Labute approximate surface area is 128 Å². The van der Waals surface area contributed by atoms with E-state index in [0.717, 1.165) is 5.69 Å². The third-order valence-electron chi connectivity index (χ3n) is 3.31. The van der Waals surface area contributed by atoms with E-state index in [4.69, 9.17) is 9.47 Å². The highest BCUT2D eigenvalue weighted by molar-refractivity contribution is 5.74. The number of aromatic nitrogens is 2. The first-order valence-electron chi connectivity index (χ1n) is 6.84. The van der Waals surface area contributed by atoms with E-state index in [-0.39, 0.29) is 5.75 Å². The van der Waals surface area contributed by atoms with Crippen LogP contribution in [-0.2, 0) is 0 Å². The lowest BCUT2D eigenvalue weighted by atomic mass is 10.1. The minimum atomic E-state index is 0.0868. The summed E-state index contributed by atoms with van der Waals surface area (Å²) in [4.78, 5) is 0. The number of para-hydroxylation sites is 1. The van der Waals surface area contributed by atoms with Gasteiger partial charge in [0.15, 0.2) is 5.75 Å². The summed E-state index contributed by atoms with van der Waals surface area (Å²) in [6, 6.07) is 14.5. The van der Waals surface area contributed by atoms with E-state index in [1.165, 1.54) is 0 Å². The second-order valence-corrected chi connectivity index (χ2v) is 4.82. The number of nitrogens with one attached hydrogen (secondary N) is 1. The van der Waals surface area contributed by atoms with Crippen molar-refractivity contribution in [3.05, 3.63) is 54.2 Å². The van der Waals surface area contributed by atoms with Crippen LogP contribution in [0.15, 0.2) is 48.5 Å². The molecule has 0 unspecified atom stereocenters. The van der Waals surface area contributed by atoms with Gasteiger partial charge in [-0.25, -0.2) is 0 Å². The first kappa shape index (κ1) is 14.0. The van der Waals surface area contributed by atoms with Gasteiger partial charge in [-0.05, 0) is 31.2 Å². The zero-order valence-corrected chi connectivity index (χ0v) is 12.3. The number of H-pyrrole nitrogens is 1. The van der Waals surface area contributed by atoms with Gasteiger partial charge in [-0.1, -0.05) is 18.2 Å². The molecule has 112 valence electrons. The van der Waals surface area contributed by atoms with E-state index >= 15 is 0 Å². The second-order valence-electron chi connectivity index (χ2n) is 4.82. The minimum Gasteiger partial charge on any atom is -0.507 e. The third-order valence-corrected chi connectivity index (χ3v) is 3.31. The van der Waals surface area contributed by atoms with Crippen molar-refractivity contribution >= 4 is 0 Å². The normalized spacial score (nSPS) is 10.5. The molecule has 0 atom stereocenters. The predicted octanol–water partition coefficient (Wildman–Crippen LogP) is 3.89. The first-order chi connectivity index (χ1) is 10.7. The molecule has 22 heavy (non-hydrogen) atoms. The van der Waals surface area contributed by atoms with Gasteiger partial charge in [0.2, 0.25) is 0 Å². The van der Waals surface area contributed by atoms with Gasteiger partial charge in [-0.3, -0.25) is 5.10 Å². The number of ether oxygens (including phenoxy) is 2. The standard InChI is InChI=1S/C17H16N2O3/c1-11-17(22-12-6-4-3-5-7-12)16(19-18-11)14-9-8-13(21-2)10-15(14)20/h3-10,20H,1-2H3,(H,18,19). The average Bonchev–Trinajstić information content (AvgIpc) is 2.89. The van der Waals surface area contributed by atoms with Crippen LogP contribution in [0.3, 0.4) is 0 Å². The minimum absolute atomic E-state index is 0.0868. The molecule has 0 bridgehead atoms. The predicted molar refractivity (Wildman–Crippen MR) is 83.5 cm³/mol. The van der Waals surface area contributed by atoms with Crippen molar-refractivity contribution in [2.45, 2.75) is 6.92 Å². The van der Waals surface area contributed by atoms with Crippen molar-refractivity contribution in [2.24, 2.45) is 0 Å². The van der Waals surface area contributed by atoms with Gasteiger partial charge in [-0.2, -0.15) is 5.10 Å². The van der Waals surface area contributed by atoms with Gasteiger partial charge < -0.3 is 14.6 Å². The zero-order chi connectivity index (χ0) is 15.5. The van der Waals surface area contributed by atoms with Gasteiger partial charge >= 0.3 is 0 Å². The van der Waals surface area contributed by atoms with Gasteiger partial charge in [-0.15, -0.1) is 0 Å². The Morgan fingerprint density at radius 1 is 1.05 bits per heavy atom. The number of rotatable bonds is 4. The van der Waals surface area contributed by atoms with Crippen LogP contribution in [-0.4, -0.2) is 22.4 Å². The molecule has 1 aromatic heterocycles. The van der Waals surface area contributed by atoms with Gasteiger partial charge in [0.05, 0.1) is 12.8 Å². The van der Waals surface area contributed by atoms with E-state index < -0.39 is 0 Å². The molecule has 3 aromatic rings. The van der Waals surface area contributed by atoms with Crippen LogP contribution < -0.4 is 9.47 Å². The van der Waals surface area contributed by atoms with Crippen LogP contribution >= 0.6 is 0 Å². The Balaban J connectivity index is 2.02. The first-order valence-corrected chi connectivity index (χ1v) is 6.84. The largest absolute Gasteiger partial charge is 0.507 e. The number of aromatic amines is 1. The number of benzene rings is 2. The van der Waals surface area contributed by atoms with Crippen LogP contribution in [0.2, 0.25) is 0 Å². The molecule has 0 saturated carbocycles. The summed E-state index contributed by atoms with van der Waals surface area (Å²) in [7, 11) is 1.55. The maximum atomic E-state index is 10.2. The van der Waals surface area contributed by atoms with Crippen molar-refractivity contribution < 1.29 is 14.6 Å².